The van der Waals surface area contributed by atoms with Crippen LogP contribution in [0.2, 0.25) is 0 Å². The predicted molar refractivity (Wildman–Crippen MR) is 97.9 cm³/mol. The Morgan fingerprint density at radius 2 is 1.88 bits per heavy atom. The maximum Gasteiger partial charge on any atom is 0.254 e. The summed E-state index contributed by atoms with van der Waals surface area (Å²) in [7, 11) is -0.528. The van der Waals surface area contributed by atoms with Gasteiger partial charge in [-0.2, -0.15) is 0 Å². The first-order valence-electron chi connectivity index (χ1n) is 9.16. The van der Waals surface area contributed by atoms with Crippen LogP contribution in [-0.4, -0.2) is 50.2 Å². The number of piperidine rings is 1. The van der Waals surface area contributed by atoms with Crippen molar-refractivity contribution in [3.63, 3.8) is 0 Å². The lowest BCUT2D eigenvalue weighted by Crippen LogP contribution is -2.52. The van der Waals surface area contributed by atoms with Gasteiger partial charge < -0.3 is 4.90 Å². The number of likely N-dealkylation sites (tertiary alicyclic amines) is 1. The molecule has 1 heterocycles. The number of fused-ring (bicyclic) bond motifs is 1. The first-order chi connectivity index (χ1) is 11.8. The van der Waals surface area contributed by atoms with Gasteiger partial charge in [-0.3, -0.25) is 4.79 Å². The number of hydrogen-bond acceptors (Lipinski definition) is 3. The third-order valence-electron chi connectivity index (χ3n) is 5.86. The standard InChI is InChI=1S/C19H28N2O3S/c1-14-11-12-21(18-10-5-4-9-17(14)18)19(22)15-7-6-8-16(13-15)25(23,24)20(2)3/h6-8,13-14,17-18H,4-5,9-12H2,1-3H3. The molecule has 1 aliphatic carbocycles. The highest BCUT2D eigenvalue weighted by Crippen LogP contribution is 2.39. The molecule has 5 nitrogen and oxygen atoms in total. The van der Waals surface area contributed by atoms with E-state index in [4.69, 9.17) is 0 Å². The second-order valence-electron chi connectivity index (χ2n) is 7.60. The molecule has 138 valence electrons. The van der Waals surface area contributed by atoms with Crippen LogP contribution in [0.5, 0.6) is 0 Å². The fourth-order valence-electron chi connectivity index (χ4n) is 4.33. The molecule has 1 saturated heterocycles. The summed E-state index contributed by atoms with van der Waals surface area (Å²) in [4.78, 5) is 15.3. The van der Waals surface area contributed by atoms with Gasteiger partial charge in [0.15, 0.2) is 0 Å². The summed E-state index contributed by atoms with van der Waals surface area (Å²) < 4.78 is 25.9. The molecule has 0 aromatic heterocycles. The van der Waals surface area contributed by atoms with Gasteiger partial charge >= 0.3 is 0 Å². The molecule has 3 atom stereocenters. The molecule has 3 unspecified atom stereocenters. The van der Waals surface area contributed by atoms with Gasteiger partial charge in [0, 0.05) is 32.2 Å². The summed E-state index contributed by atoms with van der Waals surface area (Å²) >= 11 is 0. The van der Waals surface area contributed by atoms with Crippen molar-refractivity contribution in [1.29, 1.82) is 0 Å². The topological polar surface area (TPSA) is 57.7 Å². The molecule has 1 aromatic rings. The van der Waals surface area contributed by atoms with Crippen molar-refractivity contribution in [2.75, 3.05) is 20.6 Å². The van der Waals surface area contributed by atoms with E-state index >= 15 is 0 Å². The van der Waals surface area contributed by atoms with E-state index in [9.17, 15) is 13.2 Å². The quantitative estimate of drug-likeness (QED) is 0.828. The number of carbonyl (C=O) groups is 1. The van der Waals surface area contributed by atoms with Gasteiger partial charge in [-0.25, -0.2) is 12.7 Å². The Balaban J connectivity index is 1.88. The maximum absolute atomic E-state index is 13.1. The van der Waals surface area contributed by atoms with Crippen molar-refractivity contribution in [3.8, 4) is 0 Å². The molecular weight excluding hydrogens is 336 g/mol. The van der Waals surface area contributed by atoms with E-state index in [1.54, 1.807) is 18.2 Å². The Labute approximate surface area is 151 Å². The Hall–Kier alpha value is -1.40. The van der Waals surface area contributed by atoms with Gasteiger partial charge in [-0.05, 0) is 49.3 Å². The molecule has 1 aliphatic heterocycles. The Kier molecular flexibility index (Phi) is 5.21. The fraction of sp³-hybridized carbons (Fsp3) is 0.632. The molecule has 6 heteroatoms. The summed E-state index contributed by atoms with van der Waals surface area (Å²) in [5.41, 5.74) is 0.474. The average Bonchev–Trinajstić information content (AvgIpc) is 2.62. The first-order valence-corrected chi connectivity index (χ1v) is 10.6. The summed E-state index contributed by atoms with van der Waals surface area (Å²) in [6.45, 7) is 3.07. The fourth-order valence-corrected chi connectivity index (χ4v) is 5.28. The van der Waals surface area contributed by atoms with Crippen LogP contribution in [0.4, 0.5) is 0 Å². The van der Waals surface area contributed by atoms with Gasteiger partial charge in [0.1, 0.15) is 0 Å². The van der Waals surface area contributed by atoms with Crippen LogP contribution in [0.15, 0.2) is 29.2 Å². The van der Waals surface area contributed by atoms with E-state index in [1.807, 2.05) is 4.90 Å². The average molecular weight is 365 g/mol. The van der Waals surface area contributed by atoms with E-state index in [1.165, 1.54) is 43.7 Å². The SMILES string of the molecule is CC1CCN(C(=O)c2cccc(S(=O)(=O)N(C)C)c2)C2CCCCC12. The lowest BCUT2D eigenvalue weighted by Gasteiger charge is -2.47. The van der Waals surface area contributed by atoms with Crippen molar-refractivity contribution in [1.82, 2.24) is 9.21 Å². The summed E-state index contributed by atoms with van der Waals surface area (Å²) in [5, 5.41) is 0. The number of benzene rings is 1. The number of hydrogen-bond donors (Lipinski definition) is 0. The van der Waals surface area contributed by atoms with E-state index in [-0.39, 0.29) is 10.8 Å². The Bertz CT molecular complexity index is 745. The van der Waals surface area contributed by atoms with Crippen molar-refractivity contribution in [2.45, 2.75) is 50.0 Å². The molecule has 25 heavy (non-hydrogen) atoms. The van der Waals surface area contributed by atoms with E-state index < -0.39 is 10.0 Å². The second kappa shape index (κ2) is 7.08. The molecule has 1 amide bonds. The number of amides is 1. The zero-order valence-corrected chi connectivity index (χ0v) is 16.1. The predicted octanol–water partition coefficient (Wildman–Crippen LogP) is 2.98. The molecule has 0 spiro atoms. The molecule has 0 bridgehead atoms. The first kappa shape index (κ1) is 18.4. The second-order valence-corrected chi connectivity index (χ2v) is 9.75. The number of carbonyl (C=O) groups excluding carboxylic acids is 1. The van der Waals surface area contributed by atoms with Gasteiger partial charge in [0.25, 0.3) is 5.91 Å². The van der Waals surface area contributed by atoms with Crippen LogP contribution in [0, 0.1) is 11.8 Å². The molecule has 3 rings (SSSR count). The van der Waals surface area contributed by atoms with Crippen LogP contribution in [0.1, 0.15) is 49.4 Å². The minimum atomic E-state index is -3.53. The number of nitrogens with zero attached hydrogens (tertiary/aromatic N) is 2. The van der Waals surface area contributed by atoms with Crippen LogP contribution in [0.25, 0.3) is 0 Å². The number of sulfonamides is 1. The third-order valence-corrected chi connectivity index (χ3v) is 7.67. The molecule has 0 radical (unpaired) electrons. The molecular formula is C19H28N2O3S. The molecule has 2 fully saturated rings. The Morgan fingerprint density at radius 3 is 2.60 bits per heavy atom. The summed E-state index contributed by atoms with van der Waals surface area (Å²) in [5.74, 6) is 1.22. The van der Waals surface area contributed by atoms with E-state index in [0.29, 0.717) is 23.4 Å². The lowest BCUT2D eigenvalue weighted by molar-refractivity contribution is 0.0217. The monoisotopic (exact) mass is 364 g/mol. The summed E-state index contributed by atoms with van der Waals surface area (Å²) in [6.07, 6.45) is 5.72. The Morgan fingerprint density at radius 1 is 1.16 bits per heavy atom. The molecule has 0 N–H and O–H groups in total. The smallest absolute Gasteiger partial charge is 0.254 e. The van der Waals surface area contributed by atoms with E-state index in [2.05, 4.69) is 6.92 Å². The van der Waals surface area contributed by atoms with Gasteiger partial charge in [0.05, 0.1) is 4.90 Å². The van der Waals surface area contributed by atoms with Gasteiger partial charge in [0.2, 0.25) is 10.0 Å². The lowest BCUT2D eigenvalue weighted by atomic mass is 9.72. The molecule has 1 saturated carbocycles. The minimum absolute atomic E-state index is 0.0281. The maximum atomic E-state index is 13.1. The van der Waals surface area contributed by atoms with Crippen LogP contribution in [-0.2, 0) is 10.0 Å². The van der Waals surface area contributed by atoms with Crippen molar-refractivity contribution in [3.05, 3.63) is 29.8 Å². The zero-order valence-electron chi connectivity index (χ0n) is 15.3. The van der Waals surface area contributed by atoms with Gasteiger partial charge in [-0.15, -0.1) is 0 Å². The minimum Gasteiger partial charge on any atom is -0.335 e. The zero-order chi connectivity index (χ0) is 18.2. The van der Waals surface area contributed by atoms with Crippen LogP contribution < -0.4 is 0 Å². The highest BCUT2D eigenvalue weighted by molar-refractivity contribution is 7.89. The van der Waals surface area contributed by atoms with Crippen molar-refractivity contribution >= 4 is 15.9 Å². The van der Waals surface area contributed by atoms with Crippen LogP contribution in [0.3, 0.4) is 0 Å². The van der Waals surface area contributed by atoms with E-state index in [0.717, 1.165) is 19.4 Å². The van der Waals surface area contributed by atoms with Crippen molar-refractivity contribution in [2.24, 2.45) is 11.8 Å². The molecule has 2 aliphatic rings. The highest BCUT2D eigenvalue weighted by Gasteiger charge is 2.39. The largest absolute Gasteiger partial charge is 0.335 e. The normalized spacial score (nSPS) is 27.2. The third kappa shape index (κ3) is 3.47. The number of rotatable bonds is 3. The highest BCUT2D eigenvalue weighted by atomic mass is 32.2. The van der Waals surface area contributed by atoms with Crippen molar-refractivity contribution < 1.29 is 13.2 Å². The van der Waals surface area contributed by atoms with Crippen LogP contribution >= 0.6 is 0 Å². The molecule has 1 aromatic carbocycles. The summed E-state index contributed by atoms with van der Waals surface area (Å²) in [6, 6.07) is 6.77. The van der Waals surface area contributed by atoms with Gasteiger partial charge in [-0.1, -0.05) is 25.8 Å².